The zero-order valence-corrected chi connectivity index (χ0v) is 13.9. The maximum atomic E-state index is 13.9. The molecule has 2 atom stereocenters. The van der Waals surface area contributed by atoms with Crippen molar-refractivity contribution in [3.8, 4) is 0 Å². The highest BCUT2D eigenvalue weighted by atomic mass is 19.2. The Morgan fingerprint density at radius 1 is 1.12 bits per heavy atom. The van der Waals surface area contributed by atoms with E-state index in [0.717, 1.165) is 17.2 Å². The molecule has 2 aliphatic rings. The van der Waals surface area contributed by atoms with Crippen molar-refractivity contribution in [2.75, 3.05) is 6.54 Å². The number of benzene rings is 2. The molecule has 2 unspecified atom stereocenters. The highest BCUT2D eigenvalue weighted by Crippen LogP contribution is 2.49. The Morgan fingerprint density at radius 2 is 1.92 bits per heavy atom. The fourth-order valence-electron chi connectivity index (χ4n) is 3.73. The predicted molar refractivity (Wildman–Crippen MR) is 89.7 cm³/mol. The minimum Gasteiger partial charge on any atom is -0.478 e. The number of nitrogens with zero attached hydrogens (tertiary/aromatic N) is 1. The van der Waals surface area contributed by atoms with Crippen molar-refractivity contribution in [2.24, 2.45) is 5.92 Å². The number of rotatable bonds is 3. The standard InChI is InChI=1S/C20H17F2NO3/c21-17-3-1-2-14(18(17)22)15-9-16(15)19(24)23-7-6-11-4-5-12(20(25)26)8-13(11)10-23/h1-5,8,15-16H,6-7,9-10H2,(H,25,26). The first-order chi connectivity index (χ1) is 12.5. The first-order valence-corrected chi connectivity index (χ1v) is 8.53. The van der Waals surface area contributed by atoms with Crippen molar-refractivity contribution < 1.29 is 23.5 Å². The minimum absolute atomic E-state index is 0.0787. The van der Waals surface area contributed by atoms with Crippen molar-refractivity contribution in [3.63, 3.8) is 0 Å². The van der Waals surface area contributed by atoms with Gasteiger partial charge < -0.3 is 10.0 Å². The van der Waals surface area contributed by atoms with Gasteiger partial charge in [-0.05, 0) is 53.6 Å². The molecule has 6 heteroatoms. The smallest absolute Gasteiger partial charge is 0.335 e. The topological polar surface area (TPSA) is 57.6 Å². The van der Waals surface area contributed by atoms with Gasteiger partial charge in [0.15, 0.2) is 11.6 Å². The number of aromatic carboxylic acids is 1. The van der Waals surface area contributed by atoms with E-state index >= 15 is 0 Å². The van der Waals surface area contributed by atoms with Crippen molar-refractivity contribution in [1.82, 2.24) is 4.90 Å². The van der Waals surface area contributed by atoms with Gasteiger partial charge in [0.2, 0.25) is 5.91 Å². The van der Waals surface area contributed by atoms with Crippen LogP contribution in [-0.4, -0.2) is 28.4 Å². The number of carbonyl (C=O) groups excluding carboxylic acids is 1. The first kappa shape index (κ1) is 16.7. The highest BCUT2D eigenvalue weighted by molar-refractivity contribution is 5.88. The van der Waals surface area contributed by atoms with E-state index in [4.69, 9.17) is 5.11 Å². The Labute approximate surface area is 149 Å². The van der Waals surface area contributed by atoms with Gasteiger partial charge in [-0.25, -0.2) is 13.6 Å². The summed E-state index contributed by atoms with van der Waals surface area (Å²) in [7, 11) is 0. The van der Waals surface area contributed by atoms with Crippen LogP contribution in [0.1, 0.15) is 39.4 Å². The Morgan fingerprint density at radius 3 is 2.69 bits per heavy atom. The second-order valence-corrected chi connectivity index (χ2v) is 6.89. The number of hydrogen-bond acceptors (Lipinski definition) is 2. The minimum atomic E-state index is -1.000. The molecule has 1 fully saturated rings. The van der Waals surface area contributed by atoms with Gasteiger partial charge in [0.25, 0.3) is 0 Å². The quantitative estimate of drug-likeness (QED) is 0.917. The summed E-state index contributed by atoms with van der Waals surface area (Å²) >= 11 is 0. The average Bonchev–Trinajstić information content (AvgIpc) is 3.43. The highest BCUT2D eigenvalue weighted by Gasteiger charge is 2.47. The van der Waals surface area contributed by atoms with Crippen molar-refractivity contribution >= 4 is 11.9 Å². The molecule has 2 aromatic rings. The summed E-state index contributed by atoms with van der Waals surface area (Å²) in [5.74, 6) is -3.47. The van der Waals surface area contributed by atoms with E-state index in [1.807, 2.05) is 0 Å². The molecule has 1 heterocycles. The fourth-order valence-corrected chi connectivity index (χ4v) is 3.73. The molecule has 4 rings (SSSR count). The van der Waals surface area contributed by atoms with Crippen molar-refractivity contribution in [2.45, 2.75) is 25.3 Å². The summed E-state index contributed by atoms with van der Waals surface area (Å²) in [6.07, 6.45) is 1.17. The Hall–Kier alpha value is -2.76. The van der Waals surface area contributed by atoms with Crippen LogP contribution in [0.5, 0.6) is 0 Å². The molecular weight excluding hydrogens is 340 g/mol. The summed E-state index contributed by atoms with van der Waals surface area (Å²) in [5, 5.41) is 9.12. The van der Waals surface area contributed by atoms with Crippen LogP contribution in [0, 0.1) is 17.6 Å². The molecule has 0 spiro atoms. The van der Waals surface area contributed by atoms with Gasteiger partial charge in [0.05, 0.1) is 5.56 Å². The van der Waals surface area contributed by atoms with Gasteiger partial charge in [-0.2, -0.15) is 0 Å². The molecule has 134 valence electrons. The van der Waals surface area contributed by atoms with E-state index in [0.29, 0.717) is 25.9 Å². The van der Waals surface area contributed by atoms with Crippen molar-refractivity contribution in [1.29, 1.82) is 0 Å². The molecule has 0 saturated heterocycles. The van der Waals surface area contributed by atoms with Crippen LogP contribution in [0.15, 0.2) is 36.4 Å². The summed E-state index contributed by atoms with van der Waals surface area (Å²) in [5.41, 5.74) is 2.33. The number of halogens is 2. The normalized spacial score (nSPS) is 21.2. The van der Waals surface area contributed by atoms with E-state index in [1.54, 1.807) is 23.1 Å². The molecule has 0 radical (unpaired) electrons. The van der Waals surface area contributed by atoms with Crippen LogP contribution < -0.4 is 0 Å². The van der Waals surface area contributed by atoms with Gasteiger partial charge in [-0.1, -0.05) is 18.2 Å². The molecular formula is C20H17F2NO3. The summed E-state index contributed by atoms with van der Waals surface area (Å²) < 4.78 is 27.3. The molecule has 1 aliphatic heterocycles. The van der Waals surface area contributed by atoms with Crippen LogP contribution in [0.2, 0.25) is 0 Å². The molecule has 1 aliphatic carbocycles. The molecule has 26 heavy (non-hydrogen) atoms. The Balaban J connectivity index is 1.50. The van der Waals surface area contributed by atoms with E-state index in [2.05, 4.69) is 0 Å². The van der Waals surface area contributed by atoms with Crippen molar-refractivity contribution in [3.05, 3.63) is 70.3 Å². The van der Waals surface area contributed by atoms with Crippen LogP contribution >= 0.6 is 0 Å². The average molecular weight is 357 g/mol. The fraction of sp³-hybridized carbons (Fsp3) is 0.300. The van der Waals surface area contributed by atoms with Crippen LogP contribution in [0.4, 0.5) is 8.78 Å². The monoisotopic (exact) mass is 357 g/mol. The molecule has 1 amide bonds. The Kier molecular flexibility index (Phi) is 3.98. The number of carboxylic acid groups (broad SMARTS) is 1. The van der Waals surface area contributed by atoms with Gasteiger partial charge in [-0.3, -0.25) is 4.79 Å². The maximum Gasteiger partial charge on any atom is 0.335 e. The summed E-state index contributed by atoms with van der Waals surface area (Å²) in [4.78, 5) is 25.6. The third kappa shape index (κ3) is 2.85. The van der Waals surface area contributed by atoms with Crippen LogP contribution in [0.25, 0.3) is 0 Å². The van der Waals surface area contributed by atoms with E-state index in [-0.39, 0.29) is 28.9 Å². The van der Waals surface area contributed by atoms with Gasteiger partial charge in [0, 0.05) is 19.0 Å². The molecule has 0 bridgehead atoms. The van der Waals surface area contributed by atoms with E-state index in [9.17, 15) is 18.4 Å². The zero-order chi connectivity index (χ0) is 18.4. The molecule has 1 saturated carbocycles. The number of hydrogen-bond donors (Lipinski definition) is 1. The lowest BCUT2D eigenvalue weighted by Gasteiger charge is -2.29. The molecule has 4 nitrogen and oxygen atoms in total. The molecule has 2 aromatic carbocycles. The lowest BCUT2D eigenvalue weighted by molar-refractivity contribution is -0.133. The third-order valence-corrected chi connectivity index (χ3v) is 5.27. The second-order valence-electron chi connectivity index (χ2n) is 6.89. The predicted octanol–water partition coefficient (Wildman–Crippen LogP) is 3.35. The maximum absolute atomic E-state index is 13.9. The van der Waals surface area contributed by atoms with Gasteiger partial charge in [0.1, 0.15) is 0 Å². The zero-order valence-electron chi connectivity index (χ0n) is 13.9. The largest absolute Gasteiger partial charge is 0.478 e. The second kappa shape index (κ2) is 6.20. The van der Waals surface area contributed by atoms with E-state index in [1.165, 1.54) is 12.1 Å². The molecule has 0 aromatic heterocycles. The van der Waals surface area contributed by atoms with Gasteiger partial charge >= 0.3 is 5.97 Å². The number of carbonyl (C=O) groups is 2. The first-order valence-electron chi connectivity index (χ1n) is 8.53. The van der Waals surface area contributed by atoms with Crippen LogP contribution in [0.3, 0.4) is 0 Å². The van der Waals surface area contributed by atoms with Crippen LogP contribution in [-0.2, 0) is 17.8 Å². The lowest BCUT2D eigenvalue weighted by Crippen LogP contribution is -2.37. The summed E-state index contributed by atoms with van der Waals surface area (Å²) in [6, 6.07) is 9.03. The number of carboxylic acids is 1. The van der Waals surface area contributed by atoms with Gasteiger partial charge in [-0.15, -0.1) is 0 Å². The third-order valence-electron chi connectivity index (χ3n) is 5.27. The molecule has 1 N–H and O–H groups in total. The summed E-state index contributed by atoms with van der Waals surface area (Å²) in [6.45, 7) is 0.900. The lowest BCUT2D eigenvalue weighted by atomic mass is 9.97. The SMILES string of the molecule is O=C(O)c1ccc2c(c1)CN(C(=O)C1CC1c1cccc(F)c1F)CC2. The Bertz CT molecular complexity index is 912. The number of amides is 1. The number of fused-ring (bicyclic) bond motifs is 1. The van der Waals surface area contributed by atoms with E-state index < -0.39 is 17.6 Å².